The van der Waals surface area contributed by atoms with Gasteiger partial charge in [0.05, 0.1) is 6.42 Å². The summed E-state index contributed by atoms with van der Waals surface area (Å²) >= 11 is 0. The Labute approximate surface area is 147 Å². The van der Waals surface area contributed by atoms with Crippen LogP contribution in [0.1, 0.15) is 69.3 Å². The van der Waals surface area contributed by atoms with Crippen LogP contribution in [0.25, 0.3) is 0 Å². The summed E-state index contributed by atoms with van der Waals surface area (Å²) in [4.78, 5) is 11.0. The fourth-order valence-electron chi connectivity index (χ4n) is 5.26. The molecule has 1 aliphatic heterocycles. The van der Waals surface area contributed by atoms with Crippen molar-refractivity contribution in [1.29, 1.82) is 0 Å². The van der Waals surface area contributed by atoms with Crippen molar-refractivity contribution in [2.24, 2.45) is 17.8 Å². The summed E-state index contributed by atoms with van der Waals surface area (Å²) in [6.07, 6.45) is 10.2. The SMILES string of the molecule is O=C1CC(C2CCC(C3CCC(c4ccc(F)c(F)c4)CC3)CC2)O1. The van der Waals surface area contributed by atoms with Crippen molar-refractivity contribution >= 4 is 5.97 Å². The molecule has 1 heterocycles. The molecule has 1 atom stereocenters. The molecule has 1 saturated heterocycles. The first-order valence-electron chi connectivity index (χ1n) is 9.74. The summed E-state index contributed by atoms with van der Waals surface area (Å²) in [6, 6.07) is 4.38. The third-order valence-corrected chi connectivity index (χ3v) is 6.85. The molecule has 0 N–H and O–H groups in total. The van der Waals surface area contributed by atoms with Gasteiger partial charge in [-0.2, -0.15) is 0 Å². The minimum absolute atomic E-state index is 0.0392. The molecule has 3 fully saturated rings. The van der Waals surface area contributed by atoms with Gasteiger partial charge in [0, 0.05) is 0 Å². The number of carbonyl (C=O) groups is 1. The van der Waals surface area contributed by atoms with E-state index in [-0.39, 0.29) is 12.1 Å². The van der Waals surface area contributed by atoms with Crippen LogP contribution in [-0.2, 0) is 9.53 Å². The summed E-state index contributed by atoms with van der Waals surface area (Å²) in [6.45, 7) is 0. The maximum atomic E-state index is 13.5. The van der Waals surface area contributed by atoms with Crippen LogP contribution in [0.5, 0.6) is 0 Å². The average Bonchev–Trinajstić information content (AvgIpc) is 2.62. The Morgan fingerprint density at radius 2 is 1.36 bits per heavy atom. The van der Waals surface area contributed by atoms with Gasteiger partial charge in [0.15, 0.2) is 11.6 Å². The van der Waals surface area contributed by atoms with E-state index in [2.05, 4.69) is 0 Å². The summed E-state index contributed by atoms with van der Waals surface area (Å²) in [5.41, 5.74) is 0.952. The lowest BCUT2D eigenvalue weighted by Gasteiger charge is -2.41. The van der Waals surface area contributed by atoms with Crippen molar-refractivity contribution in [3.8, 4) is 0 Å². The highest BCUT2D eigenvalue weighted by Gasteiger charge is 2.39. The monoisotopic (exact) mass is 348 g/mol. The van der Waals surface area contributed by atoms with Crippen LogP contribution in [-0.4, -0.2) is 12.1 Å². The second-order valence-electron chi connectivity index (χ2n) is 8.19. The van der Waals surface area contributed by atoms with Gasteiger partial charge in [0.25, 0.3) is 0 Å². The molecule has 0 bridgehead atoms. The number of benzene rings is 1. The Bertz CT molecular complexity index is 621. The van der Waals surface area contributed by atoms with Gasteiger partial charge in [0.2, 0.25) is 0 Å². The highest BCUT2D eigenvalue weighted by Crippen LogP contribution is 2.45. The zero-order chi connectivity index (χ0) is 17.4. The van der Waals surface area contributed by atoms with Gasteiger partial charge in [-0.1, -0.05) is 6.07 Å². The Kier molecular flexibility index (Phi) is 4.79. The number of esters is 1. The molecule has 4 heteroatoms. The molecule has 136 valence electrons. The summed E-state index contributed by atoms with van der Waals surface area (Å²) in [7, 11) is 0. The van der Waals surface area contributed by atoms with Gasteiger partial charge >= 0.3 is 5.97 Å². The van der Waals surface area contributed by atoms with Crippen molar-refractivity contribution in [2.45, 2.75) is 69.8 Å². The smallest absolute Gasteiger partial charge is 0.309 e. The van der Waals surface area contributed by atoms with Crippen LogP contribution in [0.3, 0.4) is 0 Å². The predicted molar refractivity (Wildman–Crippen MR) is 91.0 cm³/mol. The Morgan fingerprint density at radius 1 is 0.800 bits per heavy atom. The first-order chi connectivity index (χ1) is 12.1. The second kappa shape index (κ2) is 7.05. The van der Waals surface area contributed by atoms with Gasteiger partial charge in [0.1, 0.15) is 6.10 Å². The van der Waals surface area contributed by atoms with Crippen LogP contribution in [0.4, 0.5) is 8.78 Å². The summed E-state index contributed by atoms with van der Waals surface area (Å²) < 4.78 is 31.8. The number of ether oxygens (including phenoxy) is 1. The highest BCUT2D eigenvalue weighted by atomic mass is 19.2. The number of hydrogen-bond acceptors (Lipinski definition) is 2. The van der Waals surface area contributed by atoms with E-state index in [1.807, 2.05) is 0 Å². The van der Waals surface area contributed by atoms with Gasteiger partial charge in [-0.3, -0.25) is 4.79 Å². The lowest BCUT2D eigenvalue weighted by atomic mass is 9.67. The van der Waals surface area contributed by atoms with Crippen molar-refractivity contribution < 1.29 is 18.3 Å². The first-order valence-corrected chi connectivity index (χ1v) is 9.74. The van der Waals surface area contributed by atoms with Crippen molar-refractivity contribution in [2.75, 3.05) is 0 Å². The van der Waals surface area contributed by atoms with Crippen molar-refractivity contribution in [3.05, 3.63) is 35.4 Å². The molecule has 0 spiro atoms. The predicted octanol–water partition coefficient (Wildman–Crippen LogP) is 5.36. The fourth-order valence-corrected chi connectivity index (χ4v) is 5.26. The van der Waals surface area contributed by atoms with E-state index in [4.69, 9.17) is 4.74 Å². The Morgan fingerprint density at radius 3 is 1.92 bits per heavy atom. The topological polar surface area (TPSA) is 26.3 Å². The van der Waals surface area contributed by atoms with Gasteiger partial charge < -0.3 is 4.74 Å². The lowest BCUT2D eigenvalue weighted by molar-refractivity contribution is -0.176. The van der Waals surface area contributed by atoms with E-state index in [9.17, 15) is 13.6 Å². The van der Waals surface area contributed by atoms with Crippen LogP contribution in [0.15, 0.2) is 18.2 Å². The second-order valence-corrected chi connectivity index (χ2v) is 8.19. The summed E-state index contributed by atoms with van der Waals surface area (Å²) in [5.74, 6) is 0.984. The third kappa shape index (κ3) is 3.58. The summed E-state index contributed by atoms with van der Waals surface area (Å²) in [5, 5.41) is 0. The molecule has 2 aliphatic carbocycles. The molecule has 1 unspecified atom stereocenters. The molecule has 1 aromatic rings. The molecule has 4 rings (SSSR count). The zero-order valence-corrected chi connectivity index (χ0v) is 14.6. The highest BCUT2D eigenvalue weighted by molar-refractivity contribution is 5.75. The Balaban J connectivity index is 1.26. The molecular formula is C21H26F2O2. The van der Waals surface area contributed by atoms with E-state index in [1.165, 1.54) is 50.7 Å². The van der Waals surface area contributed by atoms with E-state index in [0.717, 1.165) is 30.2 Å². The number of cyclic esters (lactones) is 1. The molecular weight excluding hydrogens is 322 g/mol. The van der Waals surface area contributed by atoms with Crippen molar-refractivity contribution in [1.82, 2.24) is 0 Å². The molecule has 2 saturated carbocycles. The molecule has 25 heavy (non-hydrogen) atoms. The van der Waals surface area contributed by atoms with E-state index >= 15 is 0 Å². The van der Waals surface area contributed by atoms with Gasteiger partial charge in [-0.05, 0) is 92.7 Å². The molecule has 0 radical (unpaired) electrons. The first kappa shape index (κ1) is 17.0. The normalized spacial score (nSPS) is 35.8. The largest absolute Gasteiger partial charge is 0.461 e. The zero-order valence-electron chi connectivity index (χ0n) is 14.6. The standard InChI is InChI=1S/C21H26F2O2/c22-18-10-9-17(11-19(18)23)15-3-1-13(2-4-15)14-5-7-16(8-6-14)20-12-21(24)25-20/h9-11,13-16,20H,1-8,12H2. The van der Waals surface area contributed by atoms with E-state index < -0.39 is 11.6 Å². The van der Waals surface area contributed by atoms with Crippen LogP contribution >= 0.6 is 0 Å². The molecule has 0 aromatic heterocycles. The van der Waals surface area contributed by atoms with Crippen LogP contribution in [0.2, 0.25) is 0 Å². The Hall–Kier alpha value is -1.45. The lowest BCUT2D eigenvalue weighted by Crippen LogP contribution is -2.41. The number of rotatable bonds is 3. The molecule has 0 amide bonds. The number of halogens is 2. The van der Waals surface area contributed by atoms with Crippen molar-refractivity contribution in [3.63, 3.8) is 0 Å². The minimum atomic E-state index is -0.758. The quantitative estimate of drug-likeness (QED) is 0.687. The van der Waals surface area contributed by atoms with E-state index in [1.54, 1.807) is 6.07 Å². The fraction of sp³-hybridized carbons (Fsp3) is 0.667. The molecule has 1 aromatic carbocycles. The maximum Gasteiger partial charge on any atom is 0.309 e. The van der Waals surface area contributed by atoms with Crippen LogP contribution in [0, 0.1) is 29.4 Å². The van der Waals surface area contributed by atoms with E-state index in [0.29, 0.717) is 18.3 Å². The third-order valence-electron chi connectivity index (χ3n) is 6.85. The number of carbonyl (C=O) groups excluding carboxylic acids is 1. The number of hydrogen-bond donors (Lipinski definition) is 0. The maximum absolute atomic E-state index is 13.5. The average molecular weight is 348 g/mol. The minimum Gasteiger partial charge on any atom is -0.461 e. The van der Waals surface area contributed by atoms with Gasteiger partial charge in [-0.25, -0.2) is 8.78 Å². The molecule has 3 aliphatic rings. The van der Waals surface area contributed by atoms with Crippen LogP contribution < -0.4 is 0 Å². The molecule has 2 nitrogen and oxygen atoms in total. The van der Waals surface area contributed by atoms with Gasteiger partial charge in [-0.15, -0.1) is 0 Å².